The molecule has 3 unspecified atom stereocenters. The summed E-state index contributed by atoms with van der Waals surface area (Å²) in [5, 5.41) is 0. The normalized spacial score (nSPS) is 25.0. The molecular weight excluding hydrogens is 335 g/mol. The Morgan fingerprint density at radius 1 is 1.31 bits per heavy atom. The smallest absolute Gasteiger partial charge is 0.256 e. The van der Waals surface area contributed by atoms with Crippen molar-refractivity contribution >= 4 is 5.91 Å². The SMILES string of the molecule is COc1ccccc1C1NNC2CCN(C(=O)c3ccncc3F)CC21. The molecule has 3 heterocycles. The van der Waals surface area contributed by atoms with Crippen LogP contribution in [0.1, 0.15) is 28.4 Å². The second-order valence-electron chi connectivity index (χ2n) is 6.67. The fourth-order valence-electron chi connectivity index (χ4n) is 3.94. The van der Waals surface area contributed by atoms with Crippen LogP contribution in [0.2, 0.25) is 0 Å². The summed E-state index contributed by atoms with van der Waals surface area (Å²) >= 11 is 0. The van der Waals surface area contributed by atoms with Crippen molar-refractivity contribution in [1.82, 2.24) is 20.7 Å². The molecule has 1 aromatic heterocycles. The first-order valence-electron chi connectivity index (χ1n) is 8.72. The molecular formula is C19H21FN4O2. The first-order valence-corrected chi connectivity index (χ1v) is 8.72. The van der Waals surface area contributed by atoms with Crippen LogP contribution in [0.25, 0.3) is 0 Å². The molecule has 0 spiro atoms. The van der Waals surface area contributed by atoms with Gasteiger partial charge in [0.15, 0.2) is 5.82 Å². The number of halogens is 1. The van der Waals surface area contributed by atoms with Crippen LogP contribution >= 0.6 is 0 Å². The van der Waals surface area contributed by atoms with Crippen LogP contribution in [0, 0.1) is 11.7 Å². The van der Waals surface area contributed by atoms with Crippen LogP contribution in [-0.2, 0) is 0 Å². The Labute approximate surface area is 151 Å². The minimum absolute atomic E-state index is 0.0223. The standard InChI is InChI=1S/C19H21FN4O2/c1-26-17-5-3-2-4-13(17)18-14-11-24(9-7-16(14)22-23-18)19(25)12-6-8-21-10-15(12)20/h2-6,8,10,14,16,18,22-23H,7,9,11H2,1H3. The number of hydrogen-bond acceptors (Lipinski definition) is 5. The summed E-state index contributed by atoms with van der Waals surface area (Å²) in [4.78, 5) is 18.2. The maximum atomic E-state index is 14.0. The molecule has 7 heteroatoms. The summed E-state index contributed by atoms with van der Waals surface area (Å²) in [7, 11) is 1.65. The first kappa shape index (κ1) is 16.9. The second kappa shape index (κ2) is 7.01. The van der Waals surface area contributed by atoms with E-state index < -0.39 is 5.82 Å². The van der Waals surface area contributed by atoms with Gasteiger partial charge in [-0.15, -0.1) is 0 Å². The number of carbonyl (C=O) groups excluding carboxylic acids is 1. The lowest BCUT2D eigenvalue weighted by Gasteiger charge is -2.36. The van der Waals surface area contributed by atoms with Gasteiger partial charge in [-0.1, -0.05) is 18.2 Å². The van der Waals surface area contributed by atoms with Crippen molar-refractivity contribution in [2.45, 2.75) is 18.5 Å². The Balaban J connectivity index is 1.57. The average Bonchev–Trinajstić information content (AvgIpc) is 3.10. The predicted octanol–water partition coefficient (Wildman–Crippen LogP) is 1.91. The second-order valence-corrected chi connectivity index (χ2v) is 6.67. The van der Waals surface area contributed by atoms with E-state index in [1.807, 2.05) is 24.3 Å². The van der Waals surface area contributed by atoms with Crippen molar-refractivity contribution < 1.29 is 13.9 Å². The Kier molecular flexibility index (Phi) is 4.57. The number of likely N-dealkylation sites (tertiary alicyclic amines) is 1. The third-order valence-corrected chi connectivity index (χ3v) is 5.27. The van der Waals surface area contributed by atoms with E-state index in [9.17, 15) is 9.18 Å². The fraction of sp³-hybridized carbons (Fsp3) is 0.368. The number of rotatable bonds is 3. The number of nitrogens with one attached hydrogen (secondary N) is 2. The Morgan fingerprint density at radius 3 is 2.96 bits per heavy atom. The van der Waals surface area contributed by atoms with E-state index in [-0.39, 0.29) is 29.5 Å². The fourth-order valence-corrected chi connectivity index (χ4v) is 3.94. The van der Waals surface area contributed by atoms with Gasteiger partial charge in [-0.2, -0.15) is 0 Å². The first-order chi connectivity index (χ1) is 12.7. The quantitative estimate of drug-likeness (QED) is 0.879. The van der Waals surface area contributed by atoms with Gasteiger partial charge in [0.1, 0.15) is 5.75 Å². The minimum Gasteiger partial charge on any atom is -0.496 e. The summed E-state index contributed by atoms with van der Waals surface area (Å²) in [5.74, 6) is 0.127. The largest absolute Gasteiger partial charge is 0.496 e. The third kappa shape index (κ3) is 2.93. The van der Waals surface area contributed by atoms with Crippen LogP contribution in [0.4, 0.5) is 4.39 Å². The number of para-hydroxylation sites is 1. The molecule has 1 aromatic carbocycles. The number of amides is 1. The zero-order valence-corrected chi connectivity index (χ0v) is 14.5. The summed E-state index contributed by atoms with van der Waals surface area (Å²) < 4.78 is 19.4. The van der Waals surface area contributed by atoms with Crippen LogP contribution in [0.5, 0.6) is 5.75 Å². The van der Waals surface area contributed by atoms with Gasteiger partial charge in [0, 0.05) is 36.8 Å². The van der Waals surface area contributed by atoms with Crippen molar-refractivity contribution in [3.63, 3.8) is 0 Å². The molecule has 2 aliphatic rings. The summed E-state index contributed by atoms with van der Waals surface area (Å²) in [6.07, 6.45) is 3.33. The van der Waals surface area contributed by atoms with E-state index in [4.69, 9.17) is 4.74 Å². The summed E-state index contributed by atoms with van der Waals surface area (Å²) in [5.41, 5.74) is 7.82. The molecule has 2 aromatic rings. The number of nitrogens with zero attached hydrogens (tertiary/aromatic N) is 2. The number of pyridine rings is 1. The molecule has 26 heavy (non-hydrogen) atoms. The molecule has 0 radical (unpaired) electrons. The number of carbonyl (C=O) groups is 1. The zero-order chi connectivity index (χ0) is 18.1. The molecule has 2 N–H and O–H groups in total. The number of hydrogen-bond donors (Lipinski definition) is 2. The van der Waals surface area contributed by atoms with Crippen LogP contribution < -0.4 is 15.6 Å². The molecule has 2 saturated heterocycles. The van der Waals surface area contributed by atoms with E-state index in [1.54, 1.807) is 12.0 Å². The number of hydrazine groups is 1. The Bertz CT molecular complexity index is 816. The Hall–Kier alpha value is -2.51. The van der Waals surface area contributed by atoms with Crippen molar-refractivity contribution in [2.75, 3.05) is 20.2 Å². The maximum Gasteiger partial charge on any atom is 0.256 e. The monoisotopic (exact) mass is 356 g/mol. The average molecular weight is 356 g/mol. The van der Waals surface area contributed by atoms with E-state index in [0.717, 1.165) is 23.9 Å². The molecule has 2 aliphatic heterocycles. The van der Waals surface area contributed by atoms with Crippen LogP contribution in [0.3, 0.4) is 0 Å². The molecule has 2 fully saturated rings. The van der Waals surface area contributed by atoms with Gasteiger partial charge in [0.25, 0.3) is 5.91 Å². The number of piperidine rings is 1. The van der Waals surface area contributed by atoms with Crippen LogP contribution in [0.15, 0.2) is 42.7 Å². The van der Waals surface area contributed by atoms with Crippen molar-refractivity contribution in [3.8, 4) is 5.75 Å². The highest BCUT2D eigenvalue weighted by atomic mass is 19.1. The van der Waals surface area contributed by atoms with Gasteiger partial charge in [-0.05, 0) is 18.6 Å². The lowest BCUT2D eigenvalue weighted by Crippen LogP contribution is -2.48. The molecule has 136 valence electrons. The van der Waals surface area contributed by atoms with Crippen LogP contribution in [-0.4, -0.2) is 42.0 Å². The number of ether oxygens (including phenoxy) is 1. The summed E-state index contributed by atoms with van der Waals surface area (Å²) in [6.45, 7) is 1.14. The number of fused-ring (bicyclic) bond motifs is 1. The van der Waals surface area contributed by atoms with E-state index in [1.165, 1.54) is 12.3 Å². The number of benzene rings is 1. The van der Waals surface area contributed by atoms with E-state index >= 15 is 0 Å². The number of methoxy groups -OCH3 is 1. The van der Waals surface area contributed by atoms with Gasteiger partial charge in [-0.3, -0.25) is 15.2 Å². The highest BCUT2D eigenvalue weighted by molar-refractivity contribution is 5.94. The maximum absolute atomic E-state index is 14.0. The molecule has 4 rings (SSSR count). The van der Waals surface area contributed by atoms with Gasteiger partial charge in [-0.25, -0.2) is 9.82 Å². The van der Waals surface area contributed by atoms with Gasteiger partial charge < -0.3 is 9.64 Å². The van der Waals surface area contributed by atoms with Crippen molar-refractivity contribution in [1.29, 1.82) is 0 Å². The van der Waals surface area contributed by atoms with Gasteiger partial charge in [0.05, 0.1) is 24.9 Å². The molecule has 6 nitrogen and oxygen atoms in total. The lowest BCUT2D eigenvalue weighted by molar-refractivity contribution is 0.0647. The van der Waals surface area contributed by atoms with Gasteiger partial charge >= 0.3 is 0 Å². The molecule has 1 amide bonds. The zero-order valence-electron chi connectivity index (χ0n) is 14.5. The van der Waals surface area contributed by atoms with E-state index in [0.29, 0.717) is 13.1 Å². The Morgan fingerprint density at radius 2 is 2.15 bits per heavy atom. The predicted molar refractivity (Wildman–Crippen MR) is 94.0 cm³/mol. The lowest BCUT2D eigenvalue weighted by atomic mass is 9.84. The van der Waals surface area contributed by atoms with E-state index in [2.05, 4.69) is 15.8 Å². The molecule has 0 bridgehead atoms. The molecule has 0 saturated carbocycles. The highest BCUT2D eigenvalue weighted by Crippen LogP contribution is 2.37. The van der Waals surface area contributed by atoms with Gasteiger partial charge in [0.2, 0.25) is 0 Å². The molecule has 3 atom stereocenters. The van der Waals surface area contributed by atoms with Crippen molar-refractivity contribution in [3.05, 3.63) is 59.7 Å². The number of aromatic nitrogens is 1. The highest BCUT2D eigenvalue weighted by Gasteiger charge is 2.42. The molecule has 0 aliphatic carbocycles. The minimum atomic E-state index is -0.580. The third-order valence-electron chi connectivity index (χ3n) is 5.27. The topological polar surface area (TPSA) is 66.5 Å². The van der Waals surface area contributed by atoms with Crippen molar-refractivity contribution in [2.24, 2.45) is 5.92 Å². The summed E-state index contributed by atoms with van der Waals surface area (Å²) in [6, 6.07) is 9.60.